The number of aromatic nitrogens is 2. The van der Waals surface area contributed by atoms with Crippen molar-refractivity contribution < 1.29 is 14.4 Å². The second-order valence-corrected chi connectivity index (χ2v) is 5.01. The maximum atomic E-state index is 11.5. The summed E-state index contributed by atoms with van der Waals surface area (Å²) in [6, 6.07) is 3.29. The summed E-state index contributed by atoms with van der Waals surface area (Å²) in [5.41, 5.74) is 2.02. The Morgan fingerprint density at radius 2 is 2.26 bits per heavy atom. The van der Waals surface area contributed by atoms with E-state index in [1.54, 1.807) is 17.5 Å². The lowest BCUT2D eigenvalue weighted by Gasteiger charge is -2.05. The average Bonchev–Trinajstić information content (AvgIpc) is 3.02. The first-order valence-electron chi connectivity index (χ1n) is 4.97. The summed E-state index contributed by atoms with van der Waals surface area (Å²) >= 11 is 12.6. The Morgan fingerprint density at radius 1 is 1.47 bits per heavy atom. The molecule has 0 fully saturated rings. The van der Waals surface area contributed by atoms with Crippen LogP contribution in [0, 0.1) is 0 Å². The van der Waals surface area contributed by atoms with Gasteiger partial charge in [-0.2, -0.15) is 5.48 Å². The first kappa shape index (κ1) is 13.9. The van der Waals surface area contributed by atoms with E-state index in [2.05, 4.69) is 9.82 Å². The zero-order valence-corrected chi connectivity index (χ0v) is 11.6. The van der Waals surface area contributed by atoms with Gasteiger partial charge in [0, 0.05) is 0 Å². The zero-order valence-electron chi connectivity index (χ0n) is 9.30. The smallest absolute Gasteiger partial charge is 0.334 e. The number of hydrogen-bond acceptors (Lipinski definition) is 5. The Hall–Kier alpha value is -1.57. The van der Waals surface area contributed by atoms with Crippen LogP contribution in [0.4, 0.5) is 0 Å². The number of carbonyl (C=O) groups excluding carboxylic acids is 2. The number of thiophene rings is 1. The Bertz CT molecular complexity index is 597. The predicted molar refractivity (Wildman–Crippen MR) is 70.1 cm³/mol. The van der Waals surface area contributed by atoms with Gasteiger partial charge >= 0.3 is 5.97 Å². The van der Waals surface area contributed by atoms with E-state index in [9.17, 15) is 9.59 Å². The normalized spacial score (nSPS) is 10.2. The molecular weight excluding hydrogens is 313 g/mol. The first-order valence-corrected chi connectivity index (χ1v) is 6.61. The molecule has 0 unspecified atom stereocenters. The fourth-order valence-corrected chi connectivity index (χ4v) is 2.09. The molecule has 2 rings (SSSR count). The van der Waals surface area contributed by atoms with Gasteiger partial charge in [0.25, 0.3) is 5.91 Å². The largest absolute Gasteiger partial charge is 0.372 e. The number of halogens is 2. The second-order valence-electron chi connectivity index (χ2n) is 3.35. The standard InChI is InChI=1S/C10H7Cl2N3O3S/c11-8-9(12)15(5-13-8)4-7(16)14-18-10(17)6-2-1-3-19-6/h1-3,5H,4H2,(H,14,16). The van der Waals surface area contributed by atoms with Crippen LogP contribution in [0.2, 0.25) is 10.3 Å². The van der Waals surface area contributed by atoms with Crippen molar-refractivity contribution in [3.8, 4) is 0 Å². The van der Waals surface area contributed by atoms with Crippen molar-refractivity contribution in [1.82, 2.24) is 15.0 Å². The number of rotatable bonds is 3. The molecule has 0 bridgehead atoms. The molecule has 2 aromatic heterocycles. The summed E-state index contributed by atoms with van der Waals surface area (Å²) < 4.78 is 1.32. The van der Waals surface area contributed by atoms with Crippen LogP contribution in [0.3, 0.4) is 0 Å². The lowest BCUT2D eigenvalue weighted by molar-refractivity contribution is -0.130. The highest BCUT2D eigenvalue weighted by atomic mass is 35.5. The highest BCUT2D eigenvalue weighted by Gasteiger charge is 2.13. The van der Waals surface area contributed by atoms with Crippen molar-refractivity contribution in [3.05, 3.63) is 39.0 Å². The van der Waals surface area contributed by atoms with Gasteiger partial charge in [-0.3, -0.25) is 4.79 Å². The van der Waals surface area contributed by atoms with Gasteiger partial charge in [0.05, 0.1) is 6.33 Å². The lowest BCUT2D eigenvalue weighted by atomic mass is 10.5. The van der Waals surface area contributed by atoms with E-state index in [1.807, 2.05) is 5.48 Å². The van der Waals surface area contributed by atoms with Crippen molar-refractivity contribution in [1.29, 1.82) is 0 Å². The molecule has 0 aromatic carbocycles. The van der Waals surface area contributed by atoms with E-state index in [0.29, 0.717) is 4.88 Å². The molecule has 0 saturated carbocycles. The average molecular weight is 320 g/mol. The van der Waals surface area contributed by atoms with Crippen LogP contribution in [0.1, 0.15) is 9.67 Å². The van der Waals surface area contributed by atoms with Crippen molar-refractivity contribution in [2.75, 3.05) is 0 Å². The molecule has 0 aliphatic rings. The molecule has 0 atom stereocenters. The van der Waals surface area contributed by atoms with Gasteiger partial charge < -0.3 is 9.40 Å². The van der Waals surface area contributed by atoms with Gasteiger partial charge in [0.15, 0.2) is 5.15 Å². The molecule has 9 heteroatoms. The molecule has 2 aromatic rings. The van der Waals surface area contributed by atoms with E-state index in [4.69, 9.17) is 23.2 Å². The maximum Gasteiger partial charge on any atom is 0.372 e. The van der Waals surface area contributed by atoms with Crippen LogP contribution in [0.15, 0.2) is 23.8 Å². The SMILES string of the molecule is O=C(Cn1cnc(Cl)c1Cl)NOC(=O)c1cccs1. The molecule has 0 radical (unpaired) electrons. The number of hydroxylamine groups is 1. The van der Waals surface area contributed by atoms with E-state index >= 15 is 0 Å². The third-order valence-corrected chi connectivity index (χ3v) is 3.65. The van der Waals surface area contributed by atoms with E-state index in [-0.39, 0.29) is 16.9 Å². The van der Waals surface area contributed by atoms with Gasteiger partial charge in [-0.1, -0.05) is 29.3 Å². The number of nitrogens with one attached hydrogen (secondary N) is 1. The number of amides is 1. The third kappa shape index (κ3) is 3.46. The number of imidazole rings is 1. The Morgan fingerprint density at radius 3 is 2.84 bits per heavy atom. The van der Waals surface area contributed by atoms with Gasteiger partial charge in [0.1, 0.15) is 16.6 Å². The molecule has 0 aliphatic heterocycles. The summed E-state index contributed by atoms with van der Waals surface area (Å²) in [6.45, 7) is -0.156. The van der Waals surface area contributed by atoms with Gasteiger partial charge in [-0.05, 0) is 11.4 Å². The highest BCUT2D eigenvalue weighted by Crippen LogP contribution is 2.19. The van der Waals surface area contributed by atoms with E-state index in [0.717, 1.165) is 0 Å². The van der Waals surface area contributed by atoms with Crippen LogP contribution < -0.4 is 5.48 Å². The molecule has 0 aliphatic carbocycles. The summed E-state index contributed by atoms with van der Waals surface area (Å²) in [4.78, 5) is 31.7. The summed E-state index contributed by atoms with van der Waals surface area (Å²) in [5, 5.41) is 1.97. The Balaban J connectivity index is 1.85. The van der Waals surface area contributed by atoms with Crippen molar-refractivity contribution in [2.24, 2.45) is 0 Å². The Kier molecular flexibility index (Phi) is 4.41. The van der Waals surface area contributed by atoms with Gasteiger partial charge in [0.2, 0.25) is 0 Å². The zero-order chi connectivity index (χ0) is 13.8. The van der Waals surface area contributed by atoms with Crippen LogP contribution in [-0.4, -0.2) is 21.4 Å². The first-order chi connectivity index (χ1) is 9.08. The summed E-state index contributed by atoms with van der Waals surface area (Å²) in [6.07, 6.45) is 1.31. The lowest BCUT2D eigenvalue weighted by Crippen LogP contribution is -2.30. The van der Waals surface area contributed by atoms with Crippen molar-refractivity contribution >= 4 is 46.4 Å². The molecule has 1 N–H and O–H groups in total. The van der Waals surface area contributed by atoms with Crippen LogP contribution in [0.5, 0.6) is 0 Å². The quantitative estimate of drug-likeness (QED) is 0.880. The number of carbonyl (C=O) groups is 2. The molecule has 2 heterocycles. The monoisotopic (exact) mass is 319 g/mol. The molecule has 0 saturated heterocycles. The fraction of sp³-hybridized carbons (Fsp3) is 0.100. The van der Waals surface area contributed by atoms with Crippen molar-refractivity contribution in [3.63, 3.8) is 0 Å². The van der Waals surface area contributed by atoms with Crippen LogP contribution >= 0.6 is 34.5 Å². The number of hydrogen-bond donors (Lipinski definition) is 1. The molecule has 0 spiro atoms. The Labute approximate surface area is 121 Å². The summed E-state index contributed by atoms with van der Waals surface area (Å²) in [7, 11) is 0. The fourth-order valence-electron chi connectivity index (χ4n) is 1.19. The molecular formula is C10H7Cl2N3O3S. The summed E-state index contributed by atoms with van der Waals surface area (Å²) in [5.74, 6) is -1.18. The second kappa shape index (κ2) is 6.05. The third-order valence-electron chi connectivity index (χ3n) is 2.03. The maximum absolute atomic E-state index is 11.5. The molecule has 100 valence electrons. The van der Waals surface area contributed by atoms with Crippen LogP contribution in [0.25, 0.3) is 0 Å². The molecule has 6 nitrogen and oxygen atoms in total. The highest BCUT2D eigenvalue weighted by molar-refractivity contribution is 7.11. The molecule has 1 amide bonds. The van der Waals surface area contributed by atoms with E-state index in [1.165, 1.54) is 22.2 Å². The minimum absolute atomic E-state index is 0.102. The van der Waals surface area contributed by atoms with Gasteiger partial charge in [-0.15, -0.1) is 11.3 Å². The number of nitrogens with zero attached hydrogens (tertiary/aromatic N) is 2. The predicted octanol–water partition coefficient (Wildman–Crippen LogP) is 2.14. The van der Waals surface area contributed by atoms with Crippen molar-refractivity contribution in [2.45, 2.75) is 6.54 Å². The van der Waals surface area contributed by atoms with Gasteiger partial charge in [-0.25, -0.2) is 9.78 Å². The van der Waals surface area contributed by atoms with E-state index < -0.39 is 11.9 Å². The molecule has 19 heavy (non-hydrogen) atoms. The minimum atomic E-state index is -0.627. The minimum Gasteiger partial charge on any atom is -0.334 e. The topological polar surface area (TPSA) is 73.2 Å². The van der Waals surface area contributed by atoms with Crippen LogP contribution in [-0.2, 0) is 16.2 Å².